The first-order valence-corrected chi connectivity index (χ1v) is 5.93. The summed E-state index contributed by atoms with van der Waals surface area (Å²) in [5.41, 5.74) is 2.18. The number of likely N-dealkylation sites (N-methyl/N-ethyl adjacent to an activating group) is 2. The van der Waals surface area contributed by atoms with Gasteiger partial charge in [0.25, 0.3) is 0 Å². The normalized spacial score (nSPS) is 13.0. The fourth-order valence-corrected chi connectivity index (χ4v) is 1.83. The number of ether oxygens (including phenoxy) is 1. The highest BCUT2D eigenvalue weighted by Crippen LogP contribution is 2.02. The van der Waals surface area contributed by atoms with Crippen LogP contribution in [0.15, 0.2) is 18.2 Å². The van der Waals surface area contributed by atoms with E-state index in [2.05, 4.69) is 34.4 Å². The summed E-state index contributed by atoms with van der Waals surface area (Å²) in [6, 6.07) is 6.49. The van der Waals surface area contributed by atoms with E-state index in [-0.39, 0.29) is 0 Å². The molecule has 1 unspecified atom stereocenters. The van der Waals surface area contributed by atoms with Crippen LogP contribution in [0.3, 0.4) is 0 Å². The van der Waals surface area contributed by atoms with Crippen LogP contribution in [0.5, 0.6) is 0 Å². The highest BCUT2D eigenvalue weighted by molar-refractivity contribution is 5.09. The van der Waals surface area contributed by atoms with Gasteiger partial charge in [-0.1, -0.05) is 6.07 Å². The zero-order chi connectivity index (χ0) is 12.7. The molecule has 1 rings (SSSR count). The van der Waals surface area contributed by atoms with Crippen molar-refractivity contribution in [2.75, 3.05) is 34.4 Å². The van der Waals surface area contributed by atoms with Crippen LogP contribution in [0.25, 0.3) is 0 Å². The van der Waals surface area contributed by atoms with Crippen LogP contribution in [-0.4, -0.2) is 50.3 Å². The molecule has 1 N–H and O–H groups in total. The molecule has 0 aliphatic rings. The lowest BCUT2D eigenvalue weighted by Crippen LogP contribution is -2.40. The Morgan fingerprint density at radius 2 is 2.24 bits per heavy atom. The Morgan fingerprint density at radius 1 is 1.47 bits per heavy atom. The maximum absolute atomic E-state index is 5.16. The van der Waals surface area contributed by atoms with E-state index in [1.54, 1.807) is 7.11 Å². The zero-order valence-electron chi connectivity index (χ0n) is 11.2. The Labute approximate surface area is 104 Å². The molecule has 0 aromatic carbocycles. The van der Waals surface area contributed by atoms with E-state index in [1.165, 1.54) is 0 Å². The number of aryl methyl sites for hydroxylation is 1. The van der Waals surface area contributed by atoms with E-state index >= 15 is 0 Å². The van der Waals surface area contributed by atoms with Gasteiger partial charge in [0.1, 0.15) is 0 Å². The Morgan fingerprint density at radius 3 is 2.82 bits per heavy atom. The first-order valence-electron chi connectivity index (χ1n) is 5.93. The van der Waals surface area contributed by atoms with Crippen molar-refractivity contribution >= 4 is 0 Å². The number of rotatable bonds is 7. The summed E-state index contributed by atoms with van der Waals surface area (Å²) in [7, 11) is 5.79. The summed E-state index contributed by atoms with van der Waals surface area (Å²) < 4.78 is 5.16. The Balaban J connectivity index is 2.45. The Bertz CT molecular complexity index is 330. The van der Waals surface area contributed by atoms with Crippen LogP contribution < -0.4 is 5.32 Å². The molecule has 1 aromatic rings. The van der Waals surface area contributed by atoms with E-state index in [0.29, 0.717) is 6.04 Å². The minimum atomic E-state index is 0.356. The zero-order valence-corrected chi connectivity index (χ0v) is 11.2. The molecule has 0 saturated heterocycles. The second-order valence-corrected chi connectivity index (χ2v) is 4.41. The average Bonchev–Trinajstić information content (AvgIpc) is 2.28. The van der Waals surface area contributed by atoms with Crippen molar-refractivity contribution in [3.63, 3.8) is 0 Å². The molecule has 1 atom stereocenters. The number of pyridine rings is 1. The van der Waals surface area contributed by atoms with Crippen molar-refractivity contribution in [1.29, 1.82) is 0 Å². The van der Waals surface area contributed by atoms with Crippen LogP contribution in [-0.2, 0) is 11.3 Å². The SMILES string of the molecule is CNC(COC)CN(C)Cc1cccc(C)n1. The molecule has 1 heterocycles. The standard InChI is InChI=1S/C13H23N3O/c1-11-6-5-7-12(15-11)8-16(3)9-13(14-2)10-17-4/h5-7,13-14H,8-10H2,1-4H3. The number of aromatic nitrogens is 1. The van der Waals surface area contributed by atoms with Gasteiger partial charge in [-0.05, 0) is 33.2 Å². The average molecular weight is 237 g/mol. The number of nitrogens with zero attached hydrogens (tertiary/aromatic N) is 2. The molecule has 1 aromatic heterocycles. The van der Waals surface area contributed by atoms with Crippen LogP contribution in [0, 0.1) is 6.92 Å². The Kier molecular flexibility index (Phi) is 6.11. The molecular weight excluding hydrogens is 214 g/mol. The van der Waals surface area contributed by atoms with Crippen molar-refractivity contribution in [1.82, 2.24) is 15.2 Å². The topological polar surface area (TPSA) is 37.4 Å². The molecule has 0 bridgehead atoms. The molecule has 0 radical (unpaired) electrons. The van der Waals surface area contributed by atoms with Crippen molar-refractivity contribution in [2.45, 2.75) is 19.5 Å². The van der Waals surface area contributed by atoms with Crippen molar-refractivity contribution in [2.24, 2.45) is 0 Å². The third-order valence-electron chi connectivity index (χ3n) is 2.69. The molecule has 96 valence electrons. The quantitative estimate of drug-likeness (QED) is 0.769. The fraction of sp³-hybridized carbons (Fsp3) is 0.615. The van der Waals surface area contributed by atoms with Gasteiger partial charge < -0.3 is 10.1 Å². The number of hydrogen-bond acceptors (Lipinski definition) is 4. The molecule has 0 fully saturated rings. The summed E-state index contributed by atoms with van der Waals surface area (Å²) in [6.07, 6.45) is 0. The van der Waals surface area contributed by atoms with Crippen LogP contribution >= 0.6 is 0 Å². The smallest absolute Gasteiger partial charge is 0.0628 e. The van der Waals surface area contributed by atoms with Gasteiger partial charge >= 0.3 is 0 Å². The molecule has 17 heavy (non-hydrogen) atoms. The molecule has 0 spiro atoms. The molecule has 0 saturated carbocycles. The van der Waals surface area contributed by atoms with Crippen LogP contribution in [0.1, 0.15) is 11.4 Å². The number of methoxy groups -OCH3 is 1. The van der Waals surface area contributed by atoms with Crippen molar-refractivity contribution in [3.8, 4) is 0 Å². The highest BCUT2D eigenvalue weighted by atomic mass is 16.5. The van der Waals surface area contributed by atoms with Gasteiger partial charge in [0.15, 0.2) is 0 Å². The van der Waals surface area contributed by atoms with Gasteiger partial charge in [-0.3, -0.25) is 9.88 Å². The lowest BCUT2D eigenvalue weighted by Gasteiger charge is -2.23. The van der Waals surface area contributed by atoms with Crippen LogP contribution in [0.4, 0.5) is 0 Å². The maximum atomic E-state index is 5.16. The monoisotopic (exact) mass is 237 g/mol. The van der Waals surface area contributed by atoms with E-state index in [0.717, 1.165) is 31.1 Å². The van der Waals surface area contributed by atoms with Gasteiger partial charge in [-0.2, -0.15) is 0 Å². The molecule has 0 aliphatic carbocycles. The lowest BCUT2D eigenvalue weighted by atomic mass is 10.2. The Hall–Kier alpha value is -0.970. The van der Waals surface area contributed by atoms with E-state index < -0.39 is 0 Å². The van der Waals surface area contributed by atoms with E-state index in [4.69, 9.17) is 4.74 Å². The van der Waals surface area contributed by atoms with E-state index in [9.17, 15) is 0 Å². The molecule has 0 aliphatic heterocycles. The van der Waals surface area contributed by atoms with Crippen LogP contribution in [0.2, 0.25) is 0 Å². The summed E-state index contributed by atoms with van der Waals surface area (Å²) in [6.45, 7) is 4.55. The van der Waals surface area contributed by atoms with Gasteiger partial charge in [-0.15, -0.1) is 0 Å². The van der Waals surface area contributed by atoms with Gasteiger partial charge in [0.05, 0.1) is 12.3 Å². The molecule has 4 heteroatoms. The largest absolute Gasteiger partial charge is 0.383 e. The second kappa shape index (κ2) is 7.37. The van der Waals surface area contributed by atoms with Crippen molar-refractivity contribution in [3.05, 3.63) is 29.6 Å². The molecule has 4 nitrogen and oxygen atoms in total. The highest BCUT2D eigenvalue weighted by Gasteiger charge is 2.09. The van der Waals surface area contributed by atoms with Gasteiger partial charge in [0.2, 0.25) is 0 Å². The maximum Gasteiger partial charge on any atom is 0.0628 e. The number of nitrogens with one attached hydrogen (secondary N) is 1. The van der Waals surface area contributed by atoms with Gasteiger partial charge in [-0.25, -0.2) is 0 Å². The van der Waals surface area contributed by atoms with Gasteiger partial charge in [0, 0.05) is 31.9 Å². The summed E-state index contributed by atoms with van der Waals surface area (Å²) in [4.78, 5) is 6.75. The van der Waals surface area contributed by atoms with Crippen molar-refractivity contribution < 1.29 is 4.74 Å². The lowest BCUT2D eigenvalue weighted by molar-refractivity contribution is 0.147. The second-order valence-electron chi connectivity index (χ2n) is 4.41. The summed E-state index contributed by atoms with van der Waals surface area (Å²) in [5.74, 6) is 0. The van der Waals surface area contributed by atoms with E-state index in [1.807, 2.05) is 20.0 Å². The fourth-order valence-electron chi connectivity index (χ4n) is 1.83. The third-order valence-corrected chi connectivity index (χ3v) is 2.69. The first-order chi connectivity index (χ1) is 8.15. The summed E-state index contributed by atoms with van der Waals surface area (Å²) in [5, 5.41) is 3.24. The molecule has 0 amide bonds. The predicted molar refractivity (Wildman–Crippen MR) is 70.0 cm³/mol. The predicted octanol–water partition coefficient (Wildman–Crippen LogP) is 1.06. The number of hydrogen-bond donors (Lipinski definition) is 1. The molecular formula is C13H23N3O. The summed E-state index contributed by atoms with van der Waals surface area (Å²) >= 11 is 0. The minimum Gasteiger partial charge on any atom is -0.383 e. The minimum absolute atomic E-state index is 0.356. The first kappa shape index (κ1) is 14.1. The third kappa shape index (κ3) is 5.26.